The number of carboxylic acid groups (broad SMARTS) is 1. The van der Waals surface area contributed by atoms with Gasteiger partial charge in [0.2, 0.25) is 5.91 Å². The van der Waals surface area contributed by atoms with Crippen molar-refractivity contribution in [3.05, 3.63) is 59.7 Å². The first kappa shape index (κ1) is 23.3. The van der Waals surface area contributed by atoms with Crippen molar-refractivity contribution in [1.82, 2.24) is 10.2 Å². The molecule has 0 aromatic heterocycles. The summed E-state index contributed by atoms with van der Waals surface area (Å²) in [6.45, 7) is 5.30. The molecule has 1 aliphatic carbocycles. The maximum absolute atomic E-state index is 12.6. The van der Waals surface area contributed by atoms with Crippen LogP contribution in [-0.4, -0.2) is 54.2 Å². The number of carboxylic acids is 1. The lowest BCUT2D eigenvalue weighted by atomic mass is 9.98. The topological polar surface area (TPSA) is 95.9 Å². The highest BCUT2D eigenvalue weighted by Crippen LogP contribution is 2.44. The molecule has 0 heterocycles. The average Bonchev–Trinajstić information content (AvgIpc) is 3.10. The quantitative estimate of drug-likeness (QED) is 0.655. The summed E-state index contributed by atoms with van der Waals surface area (Å²) in [6.07, 6.45) is -0.583. The molecule has 3 unspecified atom stereocenters. The number of hydrogen-bond donors (Lipinski definition) is 2. The molecule has 0 fully saturated rings. The maximum Gasteiger partial charge on any atom is 0.407 e. The SMILES string of the molecule is CC(CN(C)C(=O)C(C)C(C)NC(=O)OCC1c2ccccc2-c2ccccc21)C(=O)O. The molecule has 0 spiro atoms. The highest BCUT2D eigenvalue weighted by atomic mass is 16.5. The van der Waals surface area contributed by atoms with Crippen molar-refractivity contribution in [2.75, 3.05) is 20.2 Å². The lowest BCUT2D eigenvalue weighted by molar-refractivity contribution is -0.143. The molecular formula is C25H30N2O5. The molecule has 2 aromatic rings. The second-order valence-corrected chi connectivity index (χ2v) is 8.51. The Morgan fingerprint density at radius 2 is 1.53 bits per heavy atom. The van der Waals surface area contributed by atoms with Crippen LogP contribution in [0, 0.1) is 11.8 Å². The van der Waals surface area contributed by atoms with E-state index in [0.717, 1.165) is 22.3 Å². The van der Waals surface area contributed by atoms with Crippen molar-refractivity contribution >= 4 is 18.0 Å². The predicted molar refractivity (Wildman–Crippen MR) is 121 cm³/mol. The lowest BCUT2D eigenvalue weighted by Crippen LogP contribution is -2.46. The summed E-state index contributed by atoms with van der Waals surface area (Å²) in [6, 6.07) is 15.7. The average molecular weight is 439 g/mol. The van der Waals surface area contributed by atoms with E-state index < -0.39 is 29.9 Å². The summed E-state index contributed by atoms with van der Waals surface area (Å²) in [4.78, 5) is 37.5. The Kier molecular flexibility index (Phi) is 7.18. The molecule has 1 aliphatic rings. The predicted octanol–water partition coefficient (Wildman–Crippen LogP) is 3.73. The van der Waals surface area contributed by atoms with Gasteiger partial charge < -0.3 is 20.1 Å². The fourth-order valence-corrected chi connectivity index (χ4v) is 4.09. The number of nitrogens with one attached hydrogen (secondary N) is 1. The molecule has 0 saturated carbocycles. The first-order chi connectivity index (χ1) is 15.2. The third kappa shape index (κ3) is 4.93. The zero-order valence-corrected chi connectivity index (χ0v) is 18.9. The smallest absolute Gasteiger partial charge is 0.407 e. The van der Waals surface area contributed by atoms with E-state index in [2.05, 4.69) is 29.6 Å². The Morgan fingerprint density at radius 1 is 1.00 bits per heavy atom. The van der Waals surface area contributed by atoms with Gasteiger partial charge in [-0.05, 0) is 29.2 Å². The van der Waals surface area contributed by atoms with Gasteiger partial charge in [0.05, 0.1) is 11.8 Å². The van der Waals surface area contributed by atoms with Gasteiger partial charge in [-0.1, -0.05) is 62.4 Å². The number of hydrogen-bond acceptors (Lipinski definition) is 4. The van der Waals surface area contributed by atoms with Gasteiger partial charge in [-0.25, -0.2) is 4.79 Å². The number of ether oxygens (including phenoxy) is 1. The molecule has 3 atom stereocenters. The second-order valence-electron chi connectivity index (χ2n) is 8.51. The van der Waals surface area contributed by atoms with Crippen molar-refractivity contribution in [3.8, 4) is 11.1 Å². The van der Waals surface area contributed by atoms with E-state index in [1.165, 1.54) is 4.90 Å². The fourth-order valence-electron chi connectivity index (χ4n) is 4.09. The summed E-state index contributed by atoms with van der Waals surface area (Å²) in [7, 11) is 1.57. The van der Waals surface area contributed by atoms with E-state index in [4.69, 9.17) is 9.84 Å². The number of fused-ring (bicyclic) bond motifs is 3. The Bertz CT molecular complexity index is 960. The molecule has 0 bridgehead atoms. The minimum atomic E-state index is -0.956. The molecule has 7 heteroatoms. The molecule has 7 nitrogen and oxygen atoms in total. The van der Waals surface area contributed by atoms with Crippen molar-refractivity contribution in [2.24, 2.45) is 11.8 Å². The molecule has 170 valence electrons. The normalized spacial score (nSPS) is 15.1. The number of carbonyl (C=O) groups excluding carboxylic acids is 2. The van der Waals surface area contributed by atoms with E-state index in [-0.39, 0.29) is 25.0 Å². The van der Waals surface area contributed by atoms with Gasteiger partial charge in [0.1, 0.15) is 6.61 Å². The number of rotatable bonds is 8. The van der Waals surface area contributed by atoms with Gasteiger partial charge in [-0.3, -0.25) is 9.59 Å². The number of carbonyl (C=O) groups is 3. The monoisotopic (exact) mass is 438 g/mol. The van der Waals surface area contributed by atoms with Gasteiger partial charge in [0.15, 0.2) is 0 Å². The molecule has 3 rings (SSSR count). The molecule has 0 saturated heterocycles. The van der Waals surface area contributed by atoms with Gasteiger partial charge >= 0.3 is 12.1 Å². The molecular weight excluding hydrogens is 408 g/mol. The largest absolute Gasteiger partial charge is 0.481 e. The van der Waals surface area contributed by atoms with Crippen LogP contribution in [0.25, 0.3) is 11.1 Å². The van der Waals surface area contributed by atoms with Crippen LogP contribution < -0.4 is 5.32 Å². The second kappa shape index (κ2) is 9.85. The first-order valence-corrected chi connectivity index (χ1v) is 10.8. The molecule has 0 radical (unpaired) electrons. The van der Waals surface area contributed by atoms with Crippen LogP contribution in [0.5, 0.6) is 0 Å². The fraction of sp³-hybridized carbons (Fsp3) is 0.400. The number of amides is 2. The maximum atomic E-state index is 12.6. The van der Waals surface area contributed by atoms with Crippen LogP contribution in [0.3, 0.4) is 0 Å². The zero-order chi connectivity index (χ0) is 23.4. The minimum absolute atomic E-state index is 0.0360. The van der Waals surface area contributed by atoms with E-state index in [0.29, 0.717) is 0 Å². The molecule has 2 amide bonds. The number of nitrogens with zero attached hydrogens (tertiary/aromatic N) is 1. The van der Waals surface area contributed by atoms with E-state index in [9.17, 15) is 14.4 Å². The summed E-state index contributed by atoms with van der Waals surface area (Å²) in [5.41, 5.74) is 4.58. The van der Waals surface area contributed by atoms with Gasteiger partial charge in [0, 0.05) is 25.6 Å². The van der Waals surface area contributed by atoms with E-state index in [1.807, 2.05) is 24.3 Å². The third-order valence-corrected chi connectivity index (χ3v) is 6.17. The van der Waals surface area contributed by atoms with Gasteiger partial charge in [0.25, 0.3) is 0 Å². The Balaban J connectivity index is 1.57. The molecule has 2 N–H and O–H groups in total. The zero-order valence-electron chi connectivity index (χ0n) is 18.9. The number of aliphatic carboxylic acids is 1. The van der Waals surface area contributed by atoms with Gasteiger partial charge in [-0.2, -0.15) is 0 Å². The summed E-state index contributed by atoms with van der Waals surface area (Å²) in [5, 5.41) is 11.8. The van der Waals surface area contributed by atoms with Crippen molar-refractivity contribution in [1.29, 1.82) is 0 Å². The highest BCUT2D eigenvalue weighted by molar-refractivity contribution is 5.81. The van der Waals surface area contributed by atoms with Crippen LogP contribution in [0.1, 0.15) is 37.8 Å². The Labute approximate surface area is 188 Å². The molecule has 0 aliphatic heterocycles. The highest BCUT2D eigenvalue weighted by Gasteiger charge is 2.30. The van der Waals surface area contributed by atoms with Crippen LogP contribution in [0.2, 0.25) is 0 Å². The third-order valence-electron chi connectivity index (χ3n) is 6.17. The van der Waals surface area contributed by atoms with Crippen molar-refractivity contribution in [2.45, 2.75) is 32.7 Å². The van der Waals surface area contributed by atoms with Gasteiger partial charge in [-0.15, -0.1) is 0 Å². The summed E-state index contributed by atoms with van der Waals surface area (Å²) < 4.78 is 5.54. The first-order valence-electron chi connectivity index (χ1n) is 10.8. The lowest BCUT2D eigenvalue weighted by Gasteiger charge is -2.27. The standard InChI is InChI=1S/C25H30N2O5/c1-15(24(29)30)13-27(4)23(28)16(2)17(3)26-25(31)32-14-22-20-11-7-5-9-18(20)19-10-6-8-12-21(19)22/h5-12,15-17,22H,13-14H2,1-4H3,(H,26,31)(H,29,30). The Hall–Kier alpha value is -3.35. The summed E-state index contributed by atoms with van der Waals surface area (Å²) >= 11 is 0. The van der Waals surface area contributed by atoms with E-state index >= 15 is 0 Å². The number of benzene rings is 2. The molecule has 2 aromatic carbocycles. The Morgan fingerprint density at radius 3 is 2.06 bits per heavy atom. The summed E-state index contributed by atoms with van der Waals surface area (Å²) in [5.74, 6) is -2.42. The van der Waals surface area contributed by atoms with Crippen LogP contribution in [-0.2, 0) is 14.3 Å². The van der Waals surface area contributed by atoms with Crippen molar-refractivity contribution < 1.29 is 24.2 Å². The van der Waals surface area contributed by atoms with Crippen LogP contribution in [0.15, 0.2) is 48.5 Å². The van der Waals surface area contributed by atoms with Crippen molar-refractivity contribution in [3.63, 3.8) is 0 Å². The van der Waals surface area contributed by atoms with Crippen LogP contribution >= 0.6 is 0 Å². The number of alkyl carbamates (subject to hydrolysis) is 1. The minimum Gasteiger partial charge on any atom is -0.481 e. The molecule has 32 heavy (non-hydrogen) atoms. The van der Waals surface area contributed by atoms with E-state index in [1.54, 1.807) is 27.8 Å². The van der Waals surface area contributed by atoms with Crippen LogP contribution in [0.4, 0.5) is 4.79 Å².